The Balaban J connectivity index is 1.46. The quantitative estimate of drug-likeness (QED) is 0.646. The summed E-state index contributed by atoms with van der Waals surface area (Å²) in [4.78, 5) is 12.2. The Morgan fingerprint density at radius 2 is 1.89 bits per heavy atom. The first-order valence-electron chi connectivity index (χ1n) is 9.04. The molecule has 0 bridgehead atoms. The first-order chi connectivity index (χ1) is 12.9. The number of nitrogens with one attached hydrogen (secondary N) is 2. The number of benzene rings is 2. The molecule has 0 aliphatic heterocycles. The molecule has 7 heteroatoms. The Hall–Kier alpha value is -2.38. The molecule has 0 aromatic heterocycles. The molecule has 2 N–H and O–H groups in total. The van der Waals surface area contributed by atoms with E-state index in [1.807, 2.05) is 31.2 Å². The number of carbonyl (C=O) groups excluding carboxylic acids is 1. The minimum atomic E-state index is -3.53. The van der Waals surface area contributed by atoms with Crippen LogP contribution in [0.15, 0.2) is 53.4 Å². The van der Waals surface area contributed by atoms with Crippen LogP contribution < -0.4 is 14.8 Å². The van der Waals surface area contributed by atoms with E-state index in [1.54, 1.807) is 12.1 Å². The average molecular weight is 388 g/mol. The van der Waals surface area contributed by atoms with Gasteiger partial charge in [0.05, 0.1) is 11.5 Å². The molecular formula is C20H24N2O4S. The Morgan fingerprint density at radius 1 is 1.15 bits per heavy atom. The molecule has 0 radical (unpaired) electrons. The molecule has 0 unspecified atom stereocenters. The normalized spacial score (nSPS) is 14.0. The summed E-state index contributed by atoms with van der Waals surface area (Å²) < 4.78 is 32.7. The van der Waals surface area contributed by atoms with Crippen LogP contribution in [-0.2, 0) is 14.8 Å². The van der Waals surface area contributed by atoms with Gasteiger partial charge < -0.3 is 10.1 Å². The Morgan fingerprint density at radius 3 is 2.59 bits per heavy atom. The van der Waals surface area contributed by atoms with Crippen LogP contribution >= 0.6 is 0 Å². The van der Waals surface area contributed by atoms with Crippen molar-refractivity contribution in [3.63, 3.8) is 0 Å². The zero-order valence-corrected chi connectivity index (χ0v) is 16.1. The number of ether oxygens (including phenoxy) is 1. The van der Waals surface area contributed by atoms with Crippen molar-refractivity contribution >= 4 is 21.6 Å². The number of hydrogen-bond acceptors (Lipinski definition) is 4. The molecular weight excluding hydrogens is 364 g/mol. The van der Waals surface area contributed by atoms with Crippen molar-refractivity contribution in [1.29, 1.82) is 0 Å². The van der Waals surface area contributed by atoms with Crippen LogP contribution in [0, 0.1) is 6.92 Å². The molecule has 144 valence electrons. The van der Waals surface area contributed by atoms with Gasteiger partial charge in [-0.05, 0) is 56.5 Å². The summed E-state index contributed by atoms with van der Waals surface area (Å²) in [6.45, 7) is 2.45. The minimum Gasteiger partial charge on any atom is -0.494 e. The smallest absolute Gasteiger partial charge is 0.240 e. The molecule has 0 spiro atoms. The van der Waals surface area contributed by atoms with E-state index in [9.17, 15) is 13.2 Å². The van der Waals surface area contributed by atoms with Crippen molar-refractivity contribution < 1.29 is 17.9 Å². The number of aryl methyl sites for hydroxylation is 1. The molecule has 2 aromatic carbocycles. The summed E-state index contributed by atoms with van der Waals surface area (Å²) in [5.41, 5.74) is 1.64. The Bertz CT molecular complexity index is 890. The monoisotopic (exact) mass is 388 g/mol. The van der Waals surface area contributed by atoms with Crippen molar-refractivity contribution in [1.82, 2.24) is 4.72 Å². The topological polar surface area (TPSA) is 84.5 Å². The molecule has 0 atom stereocenters. The zero-order chi connectivity index (χ0) is 19.3. The molecule has 0 saturated heterocycles. The van der Waals surface area contributed by atoms with Crippen LogP contribution in [0.5, 0.6) is 5.75 Å². The Labute approximate surface area is 160 Å². The maximum Gasteiger partial charge on any atom is 0.240 e. The van der Waals surface area contributed by atoms with Crippen LogP contribution in [0.3, 0.4) is 0 Å². The molecule has 6 nitrogen and oxygen atoms in total. The molecule has 1 aliphatic rings. The standard InChI is InChI=1S/C20H24N2O4S/c1-15-7-11-18(12-8-15)26-13-3-6-20(23)21-17-4-2-5-19(14-17)27(24,25)22-16-9-10-16/h2,4-5,7-8,11-12,14,16,22H,3,6,9-10,13H2,1H3,(H,21,23). The lowest BCUT2D eigenvalue weighted by Crippen LogP contribution is -2.25. The first-order valence-corrected chi connectivity index (χ1v) is 10.5. The molecule has 2 aromatic rings. The maximum absolute atomic E-state index is 12.2. The van der Waals surface area contributed by atoms with Gasteiger partial charge in [0, 0.05) is 18.2 Å². The fourth-order valence-electron chi connectivity index (χ4n) is 2.51. The molecule has 0 heterocycles. The number of amides is 1. The second-order valence-corrected chi connectivity index (χ2v) is 8.45. The highest BCUT2D eigenvalue weighted by Gasteiger charge is 2.28. The van der Waals surface area contributed by atoms with Gasteiger partial charge in [-0.3, -0.25) is 4.79 Å². The third-order valence-corrected chi connectivity index (χ3v) is 5.68. The van der Waals surface area contributed by atoms with E-state index >= 15 is 0 Å². The van der Waals surface area contributed by atoms with Gasteiger partial charge >= 0.3 is 0 Å². The van der Waals surface area contributed by atoms with Gasteiger partial charge in [0.25, 0.3) is 0 Å². The molecule has 1 fully saturated rings. The van der Waals surface area contributed by atoms with E-state index in [0.717, 1.165) is 18.6 Å². The number of rotatable bonds is 9. The van der Waals surface area contributed by atoms with Crippen molar-refractivity contribution in [3.8, 4) is 5.75 Å². The lowest BCUT2D eigenvalue weighted by molar-refractivity contribution is -0.116. The summed E-state index contributed by atoms with van der Waals surface area (Å²) in [6.07, 6.45) is 2.62. The Kier molecular flexibility index (Phi) is 6.13. The summed E-state index contributed by atoms with van der Waals surface area (Å²) in [5.74, 6) is 0.606. The van der Waals surface area contributed by atoms with Crippen LogP contribution in [0.25, 0.3) is 0 Å². The van der Waals surface area contributed by atoms with Gasteiger partial charge in [-0.1, -0.05) is 23.8 Å². The van der Waals surface area contributed by atoms with Crippen LogP contribution in [0.2, 0.25) is 0 Å². The number of hydrogen-bond donors (Lipinski definition) is 2. The fraction of sp³-hybridized carbons (Fsp3) is 0.350. The molecule has 1 aliphatic carbocycles. The largest absolute Gasteiger partial charge is 0.494 e. The van der Waals surface area contributed by atoms with E-state index in [0.29, 0.717) is 25.1 Å². The van der Waals surface area contributed by atoms with E-state index in [4.69, 9.17) is 4.74 Å². The van der Waals surface area contributed by atoms with Gasteiger partial charge in [0.1, 0.15) is 5.75 Å². The lowest BCUT2D eigenvalue weighted by Gasteiger charge is -2.09. The average Bonchev–Trinajstić information content (AvgIpc) is 3.44. The van der Waals surface area contributed by atoms with Crippen LogP contribution in [0.4, 0.5) is 5.69 Å². The van der Waals surface area contributed by atoms with Gasteiger partial charge in [0.15, 0.2) is 0 Å². The minimum absolute atomic E-state index is 0.0433. The van der Waals surface area contributed by atoms with Crippen molar-refractivity contribution in [2.45, 2.75) is 43.5 Å². The predicted octanol–water partition coefficient (Wildman–Crippen LogP) is 3.23. The highest BCUT2D eigenvalue weighted by Crippen LogP contribution is 2.23. The van der Waals surface area contributed by atoms with Crippen molar-refractivity contribution in [2.75, 3.05) is 11.9 Å². The number of carbonyl (C=O) groups is 1. The van der Waals surface area contributed by atoms with E-state index < -0.39 is 10.0 Å². The second-order valence-electron chi connectivity index (χ2n) is 6.74. The molecule has 1 amide bonds. The number of sulfonamides is 1. The first kappa shape index (κ1) is 19.4. The van der Waals surface area contributed by atoms with Crippen LogP contribution in [-0.4, -0.2) is 27.0 Å². The van der Waals surface area contributed by atoms with E-state index in [2.05, 4.69) is 10.0 Å². The van der Waals surface area contributed by atoms with E-state index in [-0.39, 0.29) is 16.8 Å². The highest BCUT2D eigenvalue weighted by molar-refractivity contribution is 7.89. The lowest BCUT2D eigenvalue weighted by atomic mass is 10.2. The molecule has 1 saturated carbocycles. The maximum atomic E-state index is 12.2. The third kappa shape index (κ3) is 6.08. The zero-order valence-electron chi connectivity index (χ0n) is 15.3. The van der Waals surface area contributed by atoms with Crippen LogP contribution in [0.1, 0.15) is 31.2 Å². The predicted molar refractivity (Wildman–Crippen MR) is 104 cm³/mol. The van der Waals surface area contributed by atoms with E-state index in [1.165, 1.54) is 17.7 Å². The van der Waals surface area contributed by atoms with Gasteiger partial charge in [-0.15, -0.1) is 0 Å². The molecule has 27 heavy (non-hydrogen) atoms. The summed E-state index contributed by atoms with van der Waals surface area (Å²) in [5, 5.41) is 2.74. The number of anilines is 1. The second kappa shape index (κ2) is 8.54. The van der Waals surface area contributed by atoms with Gasteiger partial charge in [0.2, 0.25) is 15.9 Å². The highest BCUT2D eigenvalue weighted by atomic mass is 32.2. The summed E-state index contributed by atoms with van der Waals surface area (Å²) in [7, 11) is -3.53. The van der Waals surface area contributed by atoms with Gasteiger partial charge in [-0.25, -0.2) is 13.1 Å². The summed E-state index contributed by atoms with van der Waals surface area (Å²) in [6, 6.07) is 14.1. The fourth-order valence-corrected chi connectivity index (χ4v) is 3.86. The van der Waals surface area contributed by atoms with Crippen molar-refractivity contribution in [3.05, 3.63) is 54.1 Å². The third-order valence-electron chi connectivity index (χ3n) is 4.17. The van der Waals surface area contributed by atoms with Crippen molar-refractivity contribution in [2.24, 2.45) is 0 Å². The van der Waals surface area contributed by atoms with Gasteiger partial charge in [-0.2, -0.15) is 0 Å². The SMILES string of the molecule is Cc1ccc(OCCCC(=O)Nc2cccc(S(=O)(=O)NC3CC3)c2)cc1. The molecule has 3 rings (SSSR count). The summed E-state index contributed by atoms with van der Waals surface area (Å²) >= 11 is 0.